The van der Waals surface area contributed by atoms with E-state index in [-0.39, 0.29) is 12.4 Å². The van der Waals surface area contributed by atoms with Crippen molar-refractivity contribution < 1.29 is 17.0 Å². The Balaban J connectivity index is 0. The van der Waals surface area contributed by atoms with Gasteiger partial charge in [-0.2, -0.15) is 5.84 Å². The first-order valence-electron chi connectivity index (χ1n) is 7.68. The summed E-state index contributed by atoms with van der Waals surface area (Å²) in [6.07, 6.45) is 15.5. The lowest BCUT2D eigenvalue weighted by Crippen LogP contribution is -3.00. The minimum absolute atomic E-state index is 0. The molecular formula is C15H35ClN2. The summed E-state index contributed by atoms with van der Waals surface area (Å²) in [5.41, 5.74) is 0. The van der Waals surface area contributed by atoms with E-state index in [1.165, 1.54) is 70.6 Å². The first-order valence-corrected chi connectivity index (χ1v) is 7.68. The Kier molecular flexibility index (Phi) is 15.6. The van der Waals surface area contributed by atoms with E-state index in [4.69, 9.17) is 5.84 Å². The van der Waals surface area contributed by atoms with Crippen LogP contribution in [0.3, 0.4) is 0 Å². The van der Waals surface area contributed by atoms with Gasteiger partial charge in [-0.15, -0.1) is 0 Å². The number of hydrogen-bond acceptors (Lipinski definition) is 1. The summed E-state index contributed by atoms with van der Waals surface area (Å²) in [5.74, 6) is 5.89. The molecule has 0 fully saturated rings. The second-order valence-corrected chi connectivity index (χ2v) is 6.04. The predicted molar refractivity (Wildman–Crippen MR) is 77.6 cm³/mol. The quantitative estimate of drug-likeness (QED) is 0.247. The van der Waals surface area contributed by atoms with E-state index >= 15 is 0 Å². The number of nitrogens with zero attached hydrogens (tertiary/aromatic N) is 1. The highest BCUT2D eigenvalue weighted by atomic mass is 35.5. The van der Waals surface area contributed by atoms with Crippen molar-refractivity contribution in [3.05, 3.63) is 0 Å². The molecule has 0 bridgehead atoms. The van der Waals surface area contributed by atoms with Crippen LogP contribution in [0.4, 0.5) is 0 Å². The van der Waals surface area contributed by atoms with Crippen LogP contribution in [-0.4, -0.2) is 25.2 Å². The van der Waals surface area contributed by atoms with Crippen LogP contribution in [0, 0.1) is 0 Å². The van der Waals surface area contributed by atoms with Crippen LogP contribution < -0.4 is 18.2 Å². The summed E-state index contributed by atoms with van der Waals surface area (Å²) in [7, 11) is 4.13. The molecule has 0 aromatic heterocycles. The molecule has 0 heterocycles. The van der Waals surface area contributed by atoms with Crippen molar-refractivity contribution in [1.29, 1.82) is 0 Å². The molecule has 0 aromatic carbocycles. The molecule has 0 aromatic rings. The fourth-order valence-corrected chi connectivity index (χ4v) is 2.18. The minimum Gasteiger partial charge on any atom is -1.00 e. The zero-order chi connectivity index (χ0) is 13.0. The van der Waals surface area contributed by atoms with Crippen LogP contribution in [0.15, 0.2) is 0 Å². The van der Waals surface area contributed by atoms with Gasteiger partial charge >= 0.3 is 0 Å². The molecule has 0 aliphatic carbocycles. The zero-order valence-electron chi connectivity index (χ0n) is 12.9. The maximum atomic E-state index is 5.89. The second kappa shape index (κ2) is 13.6. The molecule has 3 heteroatoms. The maximum Gasteiger partial charge on any atom is 0.0955 e. The second-order valence-electron chi connectivity index (χ2n) is 6.04. The Morgan fingerprint density at radius 1 is 0.667 bits per heavy atom. The standard InChI is InChI=1S/C15H35N2.ClH/c1-4-5-6-7-8-9-10-11-12-13-14-15-17(2,3)16;/h4-16H2,1-3H3;1H/q+1;/p-1. The van der Waals surface area contributed by atoms with Gasteiger partial charge in [0.25, 0.3) is 0 Å². The Labute approximate surface area is 121 Å². The zero-order valence-corrected chi connectivity index (χ0v) is 13.6. The van der Waals surface area contributed by atoms with Gasteiger partial charge in [-0.1, -0.05) is 64.7 Å². The average Bonchev–Trinajstić information content (AvgIpc) is 2.24. The molecule has 0 spiro atoms. The molecule has 0 rings (SSSR count). The predicted octanol–water partition coefficient (Wildman–Crippen LogP) is 1.25. The summed E-state index contributed by atoms with van der Waals surface area (Å²) >= 11 is 0. The number of nitrogens with two attached hydrogens (primary N) is 1. The smallest absolute Gasteiger partial charge is 0.0955 e. The van der Waals surface area contributed by atoms with Crippen molar-refractivity contribution in [2.75, 3.05) is 20.6 Å². The number of halogens is 1. The van der Waals surface area contributed by atoms with Gasteiger partial charge in [-0.25, -0.2) is 0 Å². The van der Waals surface area contributed by atoms with Gasteiger partial charge in [-0.3, -0.25) is 4.59 Å². The lowest BCUT2D eigenvalue weighted by molar-refractivity contribution is -0.902. The van der Waals surface area contributed by atoms with Crippen molar-refractivity contribution in [2.24, 2.45) is 5.84 Å². The van der Waals surface area contributed by atoms with E-state index in [0.29, 0.717) is 4.59 Å². The van der Waals surface area contributed by atoms with Crippen LogP contribution in [0.1, 0.15) is 77.6 Å². The topological polar surface area (TPSA) is 26.0 Å². The monoisotopic (exact) mass is 278 g/mol. The molecule has 0 saturated carbocycles. The Morgan fingerprint density at radius 3 is 1.33 bits per heavy atom. The molecule has 18 heavy (non-hydrogen) atoms. The third-order valence-electron chi connectivity index (χ3n) is 3.34. The Bertz CT molecular complexity index is 155. The molecule has 0 amide bonds. The van der Waals surface area contributed by atoms with Gasteiger partial charge in [0.2, 0.25) is 0 Å². The van der Waals surface area contributed by atoms with E-state index in [0.717, 1.165) is 6.54 Å². The molecule has 0 unspecified atom stereocenters. The van der Waals surface area contributed by atoms with E-state index < -0.39 is 0 Å². The molecule has 0 atom stereocenters. The van der Waals surface area contributed by atoms with Crippen LogP contribution in [0.2, 0.25) is 0 Å². The van der Waals surface area contributed by atoms with Crippen LogP contribution >= 0.6 is 0 Å². The number of hydrogen-bond donors (Lipinski definition) is 1. The summed E-state index contributed by atoms with van der Waals surface area (Å²) in [6, 6.07) is 0. The number of quaternary nitrogens is 1. The fourth-order valence-electron chi connectivity index (χ4n) is 2.18. The first-order chi connectivity index (χ1) is 8.06. The van der Waals surface area contributed by atoms with Gasteiger partial charge in [0.15, 0.2) is 0 Å². The molecule has 2 N–H and O–H groups in total. The van der Waals surface area contributed by atoms with Crippen molar-refractivity contribution in [3.63, 3.8) is 0 Å². The van der Waals surface area contributed by atoms with Gasteiger partial charge < -0.3 is 12.4 Å². The summed E-state index contributed by atoms with van der Waals surface area (Å²) < 4.78 is 0.622. The SMILES string of the molecule is CCCCCCCCCCCCC[N+](C)(C)N.[Cl-]. The molecule has 112 valence electrons. The molecule has 0 saturated heterocycles. The van der Waals surface area contributed by atoms with Gasteiger partial charge in [0.05, 0.1) is 20.6 Å². The highest BCUT2D eigenvalue weighted by Crippen LogP contribution is 2.11. The summed E-state index contributed by atoms with van der Waals surface area (Å²) in [5, 5.41) is 0. The Hall–Kier alpha value is 0.210. The third kappa shape index (κ3) is 18.6. The number of rotatable bonds is 12. The summed E-state index contributed by atoms with van der Waals surface area (Å²) in [6.45, 7) is 3.39. The first kappa shape index (κ1) is 20.5. The molecule has 0 aliphatic rings. The van der Waals surface area contributed by atoms with Crippen molar-refractivity contribution in [2.45, 2.75) is 77.6 Å². The molecular weight excluding hydrogens is 244 g/mol. The van der Waals surface area contributed by atoms with Crippen LogP contribution in [0.5, 0.6) is 0 Å². The minimum atomic E-state index is 0. The largest absolute Gasteiger partial charge is 1.00 e. The molecule has 0 radical (unpaired) electrons. The normalized spacial score (nSPS) is 11.3. The third-order valence-corrected chi connectivity index (χ3v) is 3.34. The van der Waals surface area contributed by atoms with Crippen molar-refractivity contribution in [1.82, 2.24) is 0 Å². The summed E-state index contributed by atoms with van der Waals surface area (Å²) in [4.78, 5) is 0. The van der Waals surface area contributed by atoms with Crippen molar-refractivity contribution >= 4 is 0 Å². The van der Waals surface area contributed by atoms with Crippen molar-refractivity contribution in [3.8, 4) is 0 Å². The van der Waals surface area contributed by atoms with Crippen LogP contribution in [-0.2, 0) is 0 Å². The molecule has 2 nitrogen and oxygen atoms in total. The van der Waals surface area contributed by atoms with E-state index in [2.05, 4.69) is 21.0 Å². The number of unbranched alkanes of at least 4 members (excludes halogenated alkanes) is 10. The lowest BCUT2D eigenvalue weighted by Gasteiger charge is -2.21. The maximum absolute atomic E-state index is 5.89. The Morgan fingerprint density at radius 2 is 1.00 bits per heavy atom. The van der Waals surface area contributed by atoms with Crippen LogP contribution in [0.25, 0.3) is 0 Å². The highest BCUT2D eigenvalue weighted by Gasteiger charge is 2.06. The van der Waals surface area contributed by atoms with E-state index in [9.17, 15) is 0 Å². The van der Waals surface area contributed by atoms with Gasteiger partial charge in [0.1, 0.15) is 0 Å². The lowest BCUT2D eigenvalue weighted by atomic mass is 10.1. The molecule has 0 aliphatic heterocycles. The highest BCUT2D eigenvalue weighted by molar-refractivity contribution is 4.47. The van der Waals surface area contributed by atoms with Gasteiger partial charge in [0, 0.05) is 0 Å². The average molecular weight is 279 g/mol. The van der Waals surface area contributed by atoms with E-state index in [1.807, 2.05) is 0 Å². The van der Waals surface area contributed by atoms with Gasteiger partial charge in [-0.05, 0) is 12.8 Å². The fraction of sp³-hybridized carbons (Fsp3) is 1.00. The van der Waals surface area contributed by atoms with E-state index in [1.54, 1.807) is 0 Å².